The average Bonchev–Trinajstić information content (AvgIpc) is 3.54. The van der Waals surface area contributed by atoms with Crippen molar-refractivity contribution in [2.45, 2.75) is 26.5 Å². The van der Waals surface area contributed by atoms with Crippen molar-refractivity contribution in [3.63, 3.8) is 0 Å². The van der Waals surface area contributed by atoms with Crippen LogP contribution >= 0.6 is 0 Å². The van der Waals surface area contributed by atoms with Crippen LogP contribution in [0.4, 0.5) is 4.39 Å². The lowest BCUT2D eigenvalue weighted by Crippen LogP contribution is -2.20. The van der Waals surface area contributed by atoms with Crippen LogP contribution in [-0.2, 0) is 18.3 Å². The number of nitrogens with zero attached hydrogens (tertiary/aromatic N) is 4. The first-order valence-electron chi connectivity index (χ1n) is 12.5. The van der Waals surface area contributed by atoms with Crippen molar-refractivity contribution < 1.29 is 18.3 Å². The van der Waals surface area contributed by atoms with Crippen LogP contribution in [0.2, 0.25) is 0 Å². The maximum absolute atomic E-state index is 14.2. The van der Waals surface area contributed by atoms with E-state index in [1.165, 1.54) is 12.1 Å². The quantitative estimate of drug-likeness (QED) is 0.242. The van der Waals surface area contributed by atoms with Crippen molar-refractivity contribution in [2.75, 3.05) is 20.3 Å². The van der Waals surface area contributed by atoms with Crippen molar-refractivity contribution >= 4 is 11.1 Å². The number of aryl methyl sites for hydroxylation is 1. The number of hydrogen-bond donors (Lipinski definition) is 1. The Morgan fingerprint density at radius 3 is 2.66 bits per heavy atom. The summed E-state index contributed by atoms with van der Waals surface area (Å²) in [5, 5.41) is 11.5. The molecule has 0 radical (unpaired) electrons. The Bertz CT molecular complexity index is 1560. The summed E-state index contributed by atoms with van der Waals surface area (Å²) in [4.78, 5) is 4.77. The number of halogens is 1. The van der Waals surface area contributed by atoms with Crippen molar-refractivity contribution in [1.82, 2.24) is 25.1 Å². The minimum absolute atomic E-state index is 0.210. The molecule has 5 aromatic rings. The topological polar surface area (TPSA) is 87.2 Å². The molecule has 9 heteroatoms. The van der Waals surface area contributed by atoms with Gasteiger partial charge in [0.25, 0.3) is 0 Å². The first kappa shape index (κ1) is 25.6. The fourth-order valence-electron chi connectivity index (χ4n) is 4.33. The molecule has 0 aliphatic rings. The molecule has 0 saturated heterocycles. The number of aromatic nitrogens is 4. The molecular weight excluding hydrogens is 485 g/mol. The van der Waals surface area contributed by atoms with Gasteiger partial charge in [0.15, 0.2) is 17.2 Å². The van der Waals surface area contributed by atoms with E-state index in [4.69, 9.17) is 18.9 Å². The van der Waals surface area contributed by atoms with E-state index in [1.54, 1.807) is 24.1 Å². The largest absolute Gasteiger partial charge is 0.493 e. The maximum Gasteiger partial charge on any atom is 0.227 e. The van der Waals surface area contributed by atoms with Crippen LogP contribution in [0.1, 0.15) is 19.4 Å². The SMILES string of the molecule is COc1cc(CNCCOC(C)C)cc2nc(-c3cccc(-c4ccc(F)cc4-c4nncn4C)c3)oc12. The molecular formula is C29H30FN5O3. The highest BCUT2D eigenvalue weighted by atomic mass is 19.1. The van der Waals surface area contributed by atoms with Crippen molar-refractivity contribution in [3.8, 4) is 39.7 Å². The van der Waals surface area contributed by atoms with Gasteiger partial charge < -0.3 is 23.8 Å². The molecule has 8 nitrogen and oxygen atoms in total. The fourth-order valence-corrected chi connectivity index (χ4v) is 4.33. The van der Waals surface area contributed by atoms with Crippen LogP contribution in [0.15, 0.2) is 65.3 Å². The van der Waals surface area contributed by atoms with E-state index in [-0.39, 0.29) is 11.9 Å². The lowest BCUT2D eigenvalue weighted by molar-refractivity contribution is 0.0807. The van der Waals surface area contributed by atoms with Crippen LogP contribution < -0.4 is 10.1 Å². The Labute approximate surface area is 220 Å². The normalized spacial score (nSPS) is 11.5. The second-order valence-electron chi connectivity index (χ2n) is 9.30. The minimum atomic E-state index is -0.341. The van der Waals surface area contributed by atoms with Gasteiger partial charge in [-0.3, -0.25) is 0 Å². The molecule has 0 spiro atoms. The van der Waals surface area contributed by atoms with Gasteiger partial charge in [-0.1, -0.05) is 18.2 Å². The van der Waals surface area contributed by atoms with Gasteiger partial charge in [0.05, 0.1) is 19.8 Å². The van der Waals surface area contributed by atoms with Crippen LogP contribution in [0.5, 0.6) is 5.75 Å². The summed E-state index contributed by atoms with van der Waals surface area (Å²) in [6, 6.07) is 16.4. The van der Waals surface area contributed by atoms with E-state index in [0.29, 0.717) is 47.3 Å². The third-order valence-electron chi connectivity index (χ3n) is 6.15. The lowest BCUT2D eigenvalue weighted by atomic mass is 9.97. The van der Waals surface area contributed by atoms with Crippen LogP contribution in [0.3, 0.4) is 0 Å². The second kappa shape index (κ2) is 11.1. The van der Waals surface area contributed by atoms with Crippen LogP contribution in [-0.4, -0.2) is 46.1 Å². The van der Waals surface area contributed by atoms with Crippen LogP contribution in [0, 0.1) is 5.82 Å². The average molecular weight is 516 g/mol. The lowest BCUT2D eigenvalue weighted by Gasteiger charge is -2.10. The number of methoxy groups -OCH3 is 1. The summed E-state index contributed by atoms with van der Waals surface area (Å²) < 4.78 is 33.3. The number of benzene rings is 3. The van der Waals surface area contributed by atoms with Gasteiger partial charge in [-0.2, -0.15) is 0 Å². The van der Waals surface area contributed by atoms with E-state index in [0.717, 1.165) is 28.8 Å². The first-order chi connectivity index (χ1) is 18.4. The third kappa shape index (κ3) is 5.44. The molecule has 196 valence electrons. The maximum atomic E-state index is 14.2. The third-order valence-corrected chi connectivity index (χ3v) is 6.15. The molecule has 1 N–H and O–H groups in total. The highest BCUT2D eigenvalue weighted by molar-refractivity contribution is 5.85. The number of hydrogen-bond acceptors (Lipinski definition) is 7. The monoisotopic (exact) mass is 515 g/mol. The smallest absolute Gasteiger partial charge is 0.227 e. The summed E-state index contributed by atoms with van der Waals surface area (Å²) in [6.45, 7) is 6.09. The summed E-state index contributed by atoms with van der Waals surface area (Å²) in [5.74, 6) is 1.33. The molecule has 0 fully saturated rings. The predicted octanol–water partition coefficient (Wildman–Crippen LogP) is 5.62. The molecule has 0 aliphatic carbocycles. The molecule has 0 aliphatic heterocycles. The summed E-state index contributed by atoms with van der Waals surface area (Å²) >= 11 is 0. The van der Waals surface area contributed by atoms with Crippen LogP contribution in [0.25, 0.3) is 45.1 Å². The number of oxazole rings is 1. The molecule has 0 unspecified atom stereocenters. The molecule has 0 atom stereocenters. The van der Waals surface area contributed by atoms with Gasteiger partial charge in [-0.05, 0) is 66.9 Å². The Kier molecular flexibility index (Phi) is 7.48. The molecule has 5 rings (SSSR count). The Morgan fingerprint density at radius 2 is 1.89 bits per heavy atom. The summed E-state index contributed by atoms with van der Waals surface area (Å²) in [5.41, 5.74) is 5.47. The number of nitrogens with one attached hydrogen (secondary N) is 1. The van der Waals surface area contributed by atoms with E-state index in [2.05, 4.69) is 15.5 Å². The molecule has 2 heterocycles. The highest BCUT2D eigenvalue weighted by Gasteiger charge is 2.17. The number of ether oxygens (including phenoxy) is 2. The molecule has 2 aromatic heterocycles. The number of fused-ring (bicyclic) bond motifs is 1. The van der Waals surface area contributed by atoms with E-state index < -0.39 is 0 Å². The van der Waals surface area contributed by atoms with Gasteiger partial charge in [0.1, 0.15) is 17.7 Å². The van der Waals surface area contributed by atoms with Gasteiger partial charge in [-0.15, -0.1) is 10.2 Å². The molecule has 0 saturated carbocycles. The molecule has 0 bridgehead atoms. The van der Waals surface area contributed by atoms with E-state index >= 15 is 0 Å². The van der Waals surface area contributed by atoms with Gasteiger partial charge in [-0.25, -0.2) is 9.37 Å². The van der Waals surface area contributed by atoms with Gasteiger partial charge >= 0.3 is 0 Å². The highest BCUT2D eigenvalue weighted by Crippen LogP contribution is 2.36. The standard InChI is InChI=1S/C29H30FN5O3/c1-18(2)37-11-10-31-16-19-12-25-27(26(13-19)36-4)38-29(33-25)21-7-5-6-20(14-21)23-9-8-22(30)15-24(23)28-34-32-17-35(28)3/h5-9,12-15,17-18,31H,10-11,16H2,1-4H3. The van der Waals surface area contributed by atoms with E-state index in [1.807, 2.05) is 57.3 Å². The molecule has 0 amide bonds. The molecule has 38 heavy (non-hydrogen) atoms. The predicted molar refractivity (Wildman–Crippen MR) is 144 cm³/mol. The van der Waals surface area contributed by atoms with Crippen molar-refractivity contribution in [2.24, 2.45) is 7.05 Å². The first-order valence-corrected chi connectivity index (χ1v) is 12.5. The Balaban J connectivity index is 1.46. The van der Waals surface area contributed by atoms with E-state index in [9.17, 15) is 4.39 Å². The zero-order valence-corrected chi connectivity index (χ0v) is 21.9. The van der Waals surface area contributed by atoms with Gasteiger partial charge in [0.2, 0.25) is 5.89 Å². The zero-order valence-electron chi connectivity index (χ0n) is 21.9. The molecule has 3 aromatic carbocycles. The van der Waals surface area contributed by atoms with Gasteiger partial charge in [0, 0.05) is 31.3 Å². The Hall–Kier alpha value is -4.08. The number of rotatable bonds is 10. The zero-order chi connectivity index (χ0) is 26.6. The van der Waals surface area contributed by atoms with Crippen molar-refractivity contribution in [3.05, 3.63) is 72.3 Å². The van der Waals surface area contributed by atoms with Crippen molar-refractivity contribution in [1.29, 1.82) is 0 Å². The fraction of sp³-hybridized carbons (Fsp3) is 0.276. The summed E-state index contributed by atoms with van der Waals surface area (Å²) in [6.07, 6.45) is 1.80. The Morgan fingerprint density at radius 1 is 1.05 bits per heavy atom. The minimum Gasteiger partial charge on any atom is -0.493 e. The summed E-state index contributed by atoms with van der Waals surface area (Å²) in [7, 11) is 3.45. The second-order valence-corrected chi connectivity index (χ2v) is 9.30.